The minimum absolute atomic E-state index is 0.0244. The van der Waals surface area contributed by atoms with E-state index in [1.54, 1.807) is 27.9 Å². The quantitative estimate of drug-likeness (QED) is 0.173. The molecule has 1 saturated carbocycles. The number of allylic oxidation sites excluding steroid dienone is 3. The number of carbonyl (C=O) groups is 4. The molecule has 1 aliphatic carbocycles. The summed E-state index contributed by atoms with van der Waals surface area (Å²) in [5.41, 5.74) is -3.15. The average molecular weight is 792 g/mol. The summed E-state index contributed by atoms with van der Waals surface area (Å²) < 4.78 is 23.3. The number of hydrogen-bond donors (Lipinski definition) is 4. The second-order valence-corrected chi connectivity index (χ2v) is 17.4. The number of carbonyl (C=O) groups excluding carboxylic acids is 4. The predicted octanol–water partition coefficient (Wildman–Crippen LogP) is 3.86. The van der Waals surface area contributed by atoms with Gasteiger partial charge in [0.1, 0.15) is 18.0 Å². The molecule has 318 valence electrons. The number of ether oxygens (including phenoxy) is 4. The number of rotatable bonds is 6. The molecule has 0 aromatic carbocycles. The molecule has 56 heavy (non-hydrogen) atoms. The summed E-state index contributed by atoms with van der Waals surface area (Å²) in [4.78, 5) is 58.8. The number of fused-ring (bicyclic) bond motifs is 1. The van der Waals surface area contributed by atoms with Gasteiger partial charge in [-0.15, -0.1) is 0 Å². The molecule has 3 heterocycles. The molecule has 1 spiro atoms. The van der Waals surface area contributed by atoms with Gasteiger partial charge in [-0.05, 0) is 95.5 Å². The van der Waals surface area contributed by atoms with Gasteiger partial charge < -0.3 is 44.3 Å². The third kappa shape index (κ3) is 9.35. The van der Waals surface area contributed by atoms with Crippen LogP contribution in [0, 0.1) is 29.6 Å². The van der Waals surface area contributed by atoms with Gasteiger partial charge in [0.15, 0.2) is 0 Å². The minimum Gasteiger partial charge on any atom is -0.455 e. The van der Waals surface area contributed by atoms with Gasteiger partial charge in [0.05, 0.1) is 30.5 Å². The molecule has 4 N–H and O–H groups in total. The van der Waals surface area contributed by atoms with Crippen molar-refractivity contribution in [2.24, 2.45) is 29.6 Å². The van der Waals surface area contributed by atoms with Gasteiger partial charge in [0.25, 0.3) is 5.91 Å². The Morgan fingerprint density at radius 1 is 0.911 bits per heavy atom. The minimum atomic E-state index is -2.61. The number of ketones is 2. The van der Waals surface area contributed by atoms with E-state index in [1.165, 1.54) is 14.2 Å². The first-order valence-corrected chi connectivity index (χ1v) is 20.7. The van der Waals surface area contributed by atoms with Crippen molar-refractivity contribution in [3.63, 3.8) is 0 Å². The fraction of sp³-hybridized carbons (Fsp3) is 0.814. The largest absolute Gasteiger partial charge is 0.455 e. The number of Topliss-reactive ketones (excluding diaryl/α,β-unsaturated/α-hetero) is 2. The van der Waals surface area contributed by atoms with Crippen LogP contribution in [-0.4, -0.2) is 131 Å². The molecule has 4 aliphatic rings. The molecule has 0 radical (unpaired) electrons. The lowest BCUT2D eigenvalue weighted by Crippen LogP contribution is -2.60. The highest BCUT2D eigenvalue weighted by Gasteiger charge is 2.72. The van der Waals surface area contributed by atoms with Crippen molar-refractivity contribution < 1.29 is 58.6 Å². The van der Waals surface area contributed by atoms with Crippen LogP contribution in [0.15, 0.2) is 23.3 Å². The first kappa shape index (κ1) is 46.2. The maximum Gasteiger partial charge on any atom is 0.340 e. The second-order valence-electron chi connectivity index (χ2n) is 17.4. The number of piperidine rings is 1. The van der Waals surface area contributed by atoms with Gasteiger partial charge in [-0.25, -0.2) is 4.79 Å². The van der Waals surface area contributed by atoms with Gasteiger partial charge >= 0.3 is 5.97 Å². The van der Waals surface area contributed by atoms with E-state index < -0.39 is 83.2 Å². The molecule has 2 bridgehead atoms. The first-order valence-electron chi connectivity index (χ1n) is 20.7. The molecule has 14 atom stereocenters. The maximum absolute atomic E-state index is 14.8. The van der Waals surface area contributed by atoms with Gasteiger partial charge in [0.2, 0.25) is 16.9 Å². The van der Waals surface area contributed by atoms with E-state index in [0.29, 0.717) is 56.9 Å². The number of amides is 1. The van der Waals surface area contributed by atoms with E-state index in [1.807, 2.05) is 32.9 Å². The lowest BCUT2D eigenvalue weighted by atomic mass is 9.75. The Morgan fingerprint density at radius 3 is 2.18 bits per heavy atom. The van der Waals surface area contributed by atoms with Crippen molar-refractivity contribution in [1.82, 2.24) is 4.90 Å². The van der Waals surface area contributed by atoms with Gasteiger partial charge in [-0.1, -0.05) is 45.4 Å². The molecule has 3 fully saturated rings. The number of hydrogen-bond acceptors (Lipinski definition) is 12. The van der Waals surface area contributed by atoms with Crippen LogP contribution < -0.4 is 0 Å². The molecule has 0 aromatic heterocycles. The lowest BCUT2D eigenvalue weighted by molar-refractivity contribution is -0.171. The van der Waals surface area contributed by atoms with Crippen molar-refractivity contribution in [2.75, 3.05) is 27.9 Å². The second kappa shape index (κ2) is 19.5. The number of nitrogens with zero attached hydrogens (tertiary/aromatic N) is 1. The number of esters is 1. The number of aliphatic hydroxyl groups excluding tert-OH is 3. The van der Waals surface area contributed by atoms with Crippen LogP contribution in [0.25, 0.3) is 0 Å². The Hall–Kier alpha value is -2.52. The van der Waals surface area contributed by atoms with Crippen molar-refractivity contribution in [3.8, 4) is 0 Å². The maximum atomic E-state index is 14.8. The van der Waals surface area contributed by atoms with Crippen LogP contribution in [0.2, 0.25) is 0 Å². The van der Waals surface area contributed by atoms with E-state index >= 15 is 0 Å². The Balaban J connectivity index is 1.82. The number of aliphatic hydroxyl groups is 4. The summed E-state index contributed by atoms with van der Waals surface area (Å²) in [6.45, 7) is 11.0. The standard InChI is InChI=1S/C43H69NO12/c1-10-30-18-24(2)17-25(3)19-35(54-8)37(48)36(55-9)21-27(5)43(52)39(49)42(15-11-12-16-44(42)40(43)50)41(51)56-38(28(6)32(46)23-33(30)47)26(4)20-29-13-14-31(45)34(22-29)53-7/h18,20,25,27-32,34-38,45-46,48,52H,10-17,19,21-23H2,1-9H3. The predicted molar refractivity (Wildman–Crippen MR) is 208 cm³/mol. The van der Waals surface area contributed by atoms with Gasteiger partial charge in [-0.3, -0.25) is 14.4 Å². The first-order chi connectivity index (χ1) is 26.4. The Morgan fingerprint density at radius 2 is 1.55 bits per heavy atom. The van der Waals surface area contributed by atoms with E-state index in [9.17, 15) is 39.6 Å². The van der Waals surface area contributed by atoms with E-state index in [2.05, 4.69) is 0 Å². The monoisotopic (exact) mass is 791 g/mol. The number of methoxy groups -OCH3 is 3. The van der Waals surface area contributed by atoms with E-state index in [-0.39, 0.29) is 49.5 Å². The summed E-state index contributed by atoms with van der Waals surface area (Å²) in [6, 6.07) is 0. The summed E-state index contributed by atoms with van der Waals surface area (Å²) in [5.74, 6) is -5.40. The SMILES string of the molecule is CCC1C=C(C)CC(C)CC(OC)C(O)C(OC)CC(C)C2(O)C(=O)N3CCCCC3(C(=O)OC(C(C)=CC3CCC(O)C(OC)C3)C(C)C(O)CC1=O)C2=O. The third-order valence-corrected chi connectivity index (χ3v) is 13.3. The lowest BCUT2D eigenvalue weighted by Gasteiger charge is -2.40. The summed E-state index contributed by atoms with van der Waals surface area (Å²) in [7, 11) is 4.45. The van der Waals surface area contributed by atoms with Crippen molar-refractivity contribution in [3.05, 3.63) is 23.3 Å². The molecule has 1 amide bonds. The van der Waals surface area contributed by atoms with Crippen LogP contribution in [0.3, 0.4) is 0 Å². The van der Waals surface area contributed by atoms with Crippen LogP contribution in [0.4, 0.5) is 0 Å². The van der Waals surface area contributed by atoms with Gasteiger partial charge in [-0.2, -0.15) is 0 Å². The molecule has 2 saturated heterocycles. The number of cyclic esters (lactones) is 1. The fourth-order valence-corrected chi connectivity index (χ4v) is 9.82. The van der Waals surface area contributed by atoms with Crippen LogP contribution in [0.5, 0.6) is 0 Å². The van der Waals surface area contributed by atoms with E-state index in [4.69, 9.17) is 18.9 Å². The summed E-state index contributed by atoms with van der Waals surface area (Å²) in [5, 5.41) is 46.0. The molecular formula is C43H69NO12. The Labute approximate surface area is 333 Å². The summed E-state index contributed by atoms with van der Waals surface area (Å²) in [6.07, 6.45) is 1.58. The highest BCUT2D eigenvalue weighted by atomic mass is 16.6. The van der Waals surface area contributed by atoms with Crippen molar-refractivity contribution in [2.45, 2.75) is 166 Å². The molecule has 4 rings (SSSR count). The van der Waals surface area contributed by atoms with Crippen LogP contribution in [-0.2, 0) is 38.1 Å². The molecule has 13 heteroatoms. The summed E-state index contributed by atoms with van der Waals surface area (Å²) >= 11 is 0. The van der Waals surface area contributed by atoms with Crippen molar-refractivity contribution >= 4 is 23.4 Å². The molecule has 14 unspecified atom stereocenters. The van der Waals surface area contributed by atoms with Crippen LogP contribution >= 0.6 is 0 Å². The molecule has 3 aliphatic heterocycles. The zero-order valence-corrected chi connectivity index (χ0v) is 35.1. The molecule has 13 nitrogen and oxygen atoms in total. The normalized spacial score (nSPS) is 41.8. The Kier molecular flexibility index (Phi) is 16.1. The zero-order valence-electron chi connectivity index (χ0n) is 35.1. The molecule has 0 aromatic rings. The fourth-order valence-electron chi connectivity index (χ4n) is 9.82. The highest BCUT2D eigenvalue weighted by Crippen LogP contribution is 2.46. The average Bonchev–Trinajstić information content (AvgIpc) is 3.35. The zero-order chi connectivity index (χ0) is 41.7. The Bertz CT molecular complexity index is 1460. The molecular weight excluding hydrogens is 722 g/mol. The van der Waals surface area contributed by atoms with Crippen LogP contribution in [0.1, 0.15) is 112 Å². The highest BCUT2D eigenvalue weighted by molar-refractivity contribution is 6.28. The van der Waals surface area contributed by atoms with E-state index in [0.717, 1.165) is 10.5 Å². The smallest absolute Gasteiger partial charge is 0.340 e. The van der Waals surface area contributed by atoms with Crippen molar-refractivity contribution in [1.29, 1.82) is 0 Å². The topological polar surface area (TPSA) is 189 Å². The third-order valence-electron chi connectivity index (χ3n) is 13.3. The van der Waals surface area contributed by atoms with Gasteiger partial charge in [0, 0.05) is 52.0 Å².